The van der Waals surface area contributed by atoms with Gasteiger partial charge in [-0.25, -0.2) is 9.88 Å². The van der Waals surface area contributed by atoms with E-state index in [-0.39, 0.29) is 5.91 Å². The van der Waals surface area contributed by atoms with Crippen LogP contribution in [0.1, 0.15) is 26.3 Å². The predicted octanol–water partition coefficient (Wildman–Crippen LogP) is 4.61. The maximum atomic E-state index is 13.1. The fourth-order valence-electron chi connectivity index (χ4n) is 3.57. The summed E-state index contributed by atoms with van der Waals surface area (Å²) in [4.78, 5) is 31.6. The van der Waals surface area contributed by atoms with Gasteiger partial charge in [-0.3, -0.25) is 9.59 Å². The molecular weight excluding hydrogens is 368 g/mol. The molecule has 6 nitrogen and oxygen atoms in total. The van der Waals surface area contributed by atoms with Crippen LogP contribution in [-0.2, 0) is 0 Å². The number of fused-ring (bicyclic) bond motifs is 2. The van der Waals surface area contributed by atoms with Gasteiger partial charge in [-0.2, -0.15) is 0 Å². The minimum atomic E-state index is -0.400. The van der Waals surface area contributed by atoms with E-state index >= 15 is 0 Å². The van der Waals surface area contributed by atoms with Crippen molar-refractivity contribution in [2.24, 2.45) is 0 Å². The molecule has 0 fully saturated rings. The largest absolute Gasteiger partial charge is 0.495 e. The van der Waals surface area contributed by atoms with Gasteiger partial charge in [0.1, 0.15) is 11.3 Å². The minimum Gasteiger partial charge on any atom is -0.495 e. The van der Waals surface area contributed by atoms with Gasteiger partial charge >= 0.3 is 0 Å². The molecule has 5 rings (SSSR count). The van der Waals surface area contributed by atoms with Crippen molar-refractivity contribution in [3.8, 4) is 17.2 Å². The fourth-order valence-corrected chi connectivity index (χ4v) is 3.57. The molecule has 29 heavy (non-hydrogen) atoms. The Morgan fingerprint density at radius 3 is 2.55 bits per heavy atom. The third-order valence-corrected chi connectivity index (χ3v) is 5.00. The monoisotopic (exact) mass is 384 g/mol. The molecule has 142 valence electrons. The van der Waals surface area contributed by atoms with Crippen molar-refractivity contribution in [3.63, 3.8) is 0 Å². The molecule has 0 radical (unpaired) electrons. The molecule has 1 aliphatic heterocycles. The lowest BCUT2D eigenvalue weighted by Crippen LogP contribution is -2.29. The Labute approximate surface area is 166 Å². The number of nitrogens with zero attached hydrogens (tertiary/aromatic N) is 2. The number of hydrogen-bond donors (Lipinski definition) is 0. The van der Waals surface area contributed by atoms with E-state index in [0.717, 1.165) is 16.0 Å². The van der Waals surface area contributed by atoms with Crippen molar-refractivity contribution in [2.45, 2.75) is 6.92 Å². The number of para-hydroxylation sites is 2. The highest BCUT2D eigenvalue weighted by Crippen LogP contribution is 2.36. The number of imide groups is 1. The lowest BCUT2D eigenvalue weighted by Gasteiger charge is -2.16. The van der Waals surface area contributed by atoms with E-state index in [1.54, 1.807) is 42.5 Å². The van der Waals surface area contributed by atoms with Gasteiger partial charge in [0.25, 0.3) is 11.8 Å². The minimum absolute atomic E-state index is 0.317. The third-order valence-electron chi connectivity index (χ3n) is 5.00. The normalized spacial score (nSPS) is 13.2. The molecule has 2 heterocycles. The summed E-state index contributed by atoms with van der Waals surface area (Å²) < 4.78 is 11.2. The first kappa shape index (κ1) is 17.2. The van der Waals surface area contributed by atoms with Crippen molar-refractivity contribution in [3.05, 3.63) is 77.4 Å². The van der Waals surface area contributed by atoms with Crippen LogP contribution in [-0.4, -0.2) is 23.9 Å². The van der Waals surface area contributed by atoms with E-state index in [9.17, 15) is 9.59 Å². The number of aromatic nitrogens is 1. The molecule has 0 saturated carbocycles. The molecule has 1 aliphatic rings. The zero-order valence-corrected chi connectivity index (χ0v) is 15.8. The van der Waals surface area contributed by atoms with Gasteiger partial charge in [0.05, 0.1) is 23.9 Å². The van der Waals surface area contributed by atoms with Gasteiger partial charge in [-0.05, 0) is 55.0 Å². The van der Waals surface area contributed by atoms with E-state index in [1.165, 1.54) is 7.11 Å². The Hall–Kier alpha value is -3.93. The van der Waals surface area contributed by atoms with Crippen molar-refractivity contribution in [2.75, 3.05) is 12.0 Å². The smallest absolute Gasteiger partial charge is 0.266 e. The van der Waals surface area contributed by atoms with Crippen LogP contribution in [0.25, 0.3) is 22.6 Å². The summed E-state index contributed by atoms with van der Waals surface area (Å²) in [6.45, 7) is 1.99. The summed E-state index contributed by atoms with van der Waals surface area (Å²) in [6.07, 6.45) is 0. The standard InChI is InChI=1S/C23H16N2O4/c1-13-7-10-19-17(11-13)24-21(29-19)14-8-9-15-16(12-14)23(27)25(22(15)26)18-5-3-4-6-20(18)28-2/h3-12H,1-2H3. The second kappa shape index (κ2) is 6.31. The molecular formula is C23H16N2O4. The number of benzene rings is 3. The number of oxazole rings is 1. The third kappa shape index (κ3) is 2.61. The van der Waals surface area contributed by atoms with E-state index in [0.29, 0.717) is 39.6 Å². The van der Waals surface area contributed by atoms with E-state index in [4.69, 9.17) is 9.15 Å². The van der Waals surface area contributed by atoms with Gasteiger partial charge in [0.15, 0.2) is 5.58 Å². The van der Waals surface area contributed by atoms with Crippen LogP contribution in [0.15, 0.2) is 65.1 Å². The van der Waals surface area contributed by atoms with Gasteiger partial charge in [-0.15, -0.1) is 0 Å². The van der Waals surface area contributed by atoms with Crippen molar-refractivity contribution in [1.82, 2.24) is 4.98 Å². The molecule has 4 aromatic rings. The van der Waals surface area contributed by atoms with Crippen LogP contribution in [0.4, 0.5) is 5.69 Å². The molecule has 0 aliphatic carbocycles. The number of rotatable bonds is 3. The van der Waals surface area contributed by atoms with Crippen LogP contribution in [0, 0.1) is 6.92 Å². The lowest BCUT2D eigenvalue weighted by molar-refractivity contribution is 0.0925. The number of ether oxygens (including phenoxy) is 1. The van der Waals surface area contributed by atoms with Gasteiger partial charge in [-0.1, -0.05) is 18.2 Å². The van der Waals surface area contributed by atoms with Crippen LogP contribution in [0.5, 0.6) is 5.75 Å². The van der Waals surface area contributed by atoms with E-state index in [2.05, 4.69) is 4.98 Å². The Balaban J connectivity index is 1.59. The number of carbonyl (C=O) groups excluding carboxylic acids is 2. The first-order chi connectivity index (χ1) is 14.1. The number of carbonyl (C=O) groups is 2. The molecule has 0 bridgehead atoms. The molecule has 3 aromatic carbocycles. The van der Waals surface area contributed by atoms with Crippen molar-refractivity contribution < 1.29 is 18.7 Å². The topological polar surface area (TPSA) is 72.6 Å². The number of amides is 2. The maximum Gasteiger partial charge on any atom is 0.266 e. The second-order valence-corrected chi connectivity index (χ2v) is 6.87. The molecule has 0 N–H and O–H groups in total. The molecule has 0 atom stereocenters. The zero-order chi connectivity index (χ0) is 20.1. The highest BCUT2D eigenvalue weighted by atomic mass is 16.5. The Morgan fingerprint density at radius 1 is 0.931 bits per heavy atom. The molecule has 0 unspecified atom stereocenters. The Kier molecular flexibility index (Phi) is 3.74. The summed E-state index contributed by atoms with van der Waals surface area (Å²) in [6, 6.07) is 17.7. The van der Waals surface area contributed by atoms with Crippen LogP contribution in [0.3, 0.4) is 0 Å². The summed E-state index contributed by atoms with van der Waals surface area (Å²) in [5.41, 5.74) is 4.22. The maximum absolute atomic E-state index is 13.1. The number of aryl methyl sites for hydroxylation is 1. The van der Waals surface area contributed by atoms with Crippen molar-refractivity contribution >= 4 is 28.6 Å². The summed E-state index contributed by atoms with van der Waals surface area (Å²) in [5.74, 6) is 0.0819. The van der Waals surface area contributed by atoms with E-state index in [1.807, 2.05) is 25.1 Å². The van der Waals surface area contributed by atoms with Gasteiger partial charge in [0, 0.05) is 5.56 Å². The van der Waals surface area contributed by atoms with Crippen LogP contribution < -0.4 is 9.64 Å². The Bertz CT molecular complexity index is 1310. The number of anilines is 1. The number of hydrogen-bond acceptors (Lipinski definition) is 5. The van der Waals surface area contributed by atoms with Gasteiger partial charge in [0.2, 0.25) is 5.89 Å². The molecule has 0 saturated heterocycles. The lowest BCUT2D eigenvalue weighted by atomic mass is 10.1. The average Bonchev–Trinajstić information content (AvgIpc) is 3.26. The predicted molar refractivity (Wildman–Crippen MR) is 108 cm³/mol. The molecule has 2 amide bonds. The van der Waals surface area contributed by atoms with Gasteiger partial charge < -0.3 is 9.15 Å². The Morgan fingerprint density at radius 2 is 1.72 bits per heavy atom. The quantitative estimate of drug-likeness (QED) is 0.482. The zero-order valence-electron chi connectivity index (χ0n) is 15.8. The SMILES string of the molecule is COc1ccccc1N1C(=O)c2ccc(-c3nc4cc(C)ccc4o3)cc2C1=O. The van der Waals surface area contributed by atoms with Crippen LogP contribution in [0.2, 0.25) is 0 Å². The van der Waals surface area contributed by atoms with Crippen molar-refractivity contribution in [1.29, 1.82) is 0 Å². The summed E-state index contributed by atoms with van der Waals surface area (Å²) in [5, 5.41) is 0. The highest BCUT2D eigenvalue weighted by Gasteiger charge is 2.38. The molecule has 6 heteroatoms. The molecule has 1 aromatic heterocycles. The number of methoxy groups -OCH3 is 1. The summed E-state index contributed by atoms with van der Waals surface area (Å²) >= 11 is 0. The first-order valence-electron chi connectivity index (χ1n) is 9.10. The van der Waals surface area contributed by atoms with Crippen LogP contribution >= 0.6 is 0 Å². The van der Waals surface area contributed by atoms with E-state index < -0.39 is 5.91 Å². The average molecular weight is 384 g/mol. The highest BCUT2D eigenvalue weighted by molar-refractivity contribution is 6.35. The fraction of sp³-hybridized carbons (Fsp3) is 0.0870. The summed E-state index contributed by atoms with van der Waals surface area (Å²) in [7, 11) is 1.50. The molecule has 0 spiro atoms. The first-order valence-corrected chi connectivity index (χ1v) is 9.10. The second-order valence-electron chi connectivity index (χ2n) is 6.87.